The van der Waals surface area contributed by atoms with Crippen LogP contribution in [0.4, 0.5) is 0 Å². The largest absolute Gasteiger partial charge is 0.461 e. The van der Waals surface area contributed by atoms with Crippen molar-refractivity contribution < 1.29 is 14.3 Å². The van der Waals surface area contributed by atoms with Crippen LogP contribution in [0.3, 0.4) is 0 Å². The van der Waals surface area contributed by atoms with Gasteiger partial charge in [-0.1, -0.05) is 37.6 Å². The van der Waals surface area contributed by atoms with Crippen LogP contribution in [0.25, 0.3) is 5.69 Å². The molecule has 0 saturated carbocycles. The van der Waals surface area contributed by atoms with Crippen molar-refractivity contribution in [3.8, 4) is 5.69 Å². The molecule has 1 aromatic heterocycles. The second kappa shape index (κ2) is 9.59. The molecule has 3 aromatic rings. The van der Waals surface area contributed by atoms with Gasteiger partial charge in [-0.05, 0) is 60.9 Å². The summed E-state index contributed by atoms with van der Waals surface area (Å²) in [5, 5.41) is 7.96. The van der Waals surface area contributed by atoms with Crippen molar-refractivity contribution in [1.82, 2.24) is 15.1 Å². The second-order valence-electron chi connectivity index (χ2n) is 7.10. The summed E-state index contributed by atoms with van der Waals surface area (Å²) >= 11 is 5.88. The number of amides is 1. The van der Waals surface area contributed by atoms with Crippen LogP contribution in [-0.4, -0.2) is 28.3 Å². The Bertz CT molecular complexity index is 1020. The molecule has 0 bridgehead atoms. The van der Waals surface area contributed by atoms with Crippen molar-refractivity contribution in [3.63, 3.8) is 0 Å². The van der Waals surface area contributed by atoms with Crippen LogP contribution in [0.15, 0.2) is 54.6 Å². The van der Waals surface area contributed by atoms with Crippen LogP contribution in [0, 0.1) is 0 Å². The van der Waals surface area contributed by atoms with Gasteiger partial charge in [0.1, 0.15) is 0 Å². The fourth-order valence-electron chi connectivity index (χ4n) is 2.96. The number of ether oxygens (including phenoxy) is 1. The monoisotopic (exact) mass is 425 g/mol. The van der Waals surface area contributed by atoms with E-state index in [1.165, 1.54) is 0 Å². The molecule has 0 saturated heterocycles. The lowest BCUT2D eigenvalue weighted by atomic mass is 10.1. The van der Waals surface area contributed by atoms with E-state index in [0.717, 1.165) is 16.9 Å². The smallest absolute Gasteiger partial charge is 0.358 e. The number of carbonyl (C=O) groups excluding carboxylic acids is 2. The van der Waals surface area contributed by atoms with E-state index in [2.05, 4.69) is 10.4 Å². The highest BCUT2D eigenvalue weighted by atomic mass is 35.5. The average Bonchev–Trinajstić information content (AvgIpc) is 3.19. The maximum atomic E-state index is 12.5. The van der Waals surface area contributed by atoms with Crippen molar-refractivity contribution in [2.75, 3.05) is 6.61 Å². The van der Waals surface area contributed by atoms with E-state index in [1.54, 1.807) is 41.9 Å². The molecule has 0 fully saturated rings. The topological polar surface area (TPSA) is 73.2 Å². The van der Waals surface area contributed by atoms with Gasteiger partial charge in [-0.25, -0.2) is 9.48 Å². The molecule has 7 heteroatoms. The molecule has 30 heavy (non-hydrogen) atoms. The van der Waals surface area contributed by atoms with Gasteiger partial charge < -0.3 is 10.1 Å². The molecule has 0 aliphatic heterocycles. The van der Waals surface area contributed by atoms with Crippen molar-refractivity contribution in [2.45, 2.75) is 33.2 Å². The lowest BCUT2D eigenvalue weighted by Crippen LogP contribution is -2.22. The summed E-state index contributed by atoms with van der Waals surface area (Å²) in [6, 6.07) is 16.2. The molecule has 1 N–H and O–H groups in total. The van der Waals surface area contributed by atoms with Gasteiger partial charge in [0.2, 0.25) is 0 Å². The van der Waals surface area contributed by atoms with Crippen LogP contribution in [-0.2, 0) is 11.3 Å². The lowest BCUT2D eigenvalue weighted by Gasteiger charge is -2.11. The van der Waals surface area contributed by atoms with Crippen LogP contribution < -0.4 is 5.32 Å². The maximum Gasteiger partial charge on any atom is 0.358 e. The fourth-order valence-corrected chi connectivity index (χ4v) is 3.09. The van der Waals surface area contributed by atoms with Crippen molar-refractivity contribution in [2.24, 2.45) is 0 Å². The summed E-state index contributed by atoms with van der Waals surface area (Å²) in [5.41, 5.74) is 3.43. The number of rotatable bonds is 7. The zero-order valence-electron chi connectivity index (χ0n) is 17.2. The lowest BCUT2D eigenvalue weighted by molar-refractivity contribution is 0.0519. The predicted octanol–water partition coefficient (Wildman–Crippen LogP) is 4.76. The summed E-state index contributed by atoms with van der Waals surface area (Å²) < 4.78 is 6.77. The Labute approximate surface area is 180 Å². The van der Waals surface area contributed by atoms with Gasteiger partial charge in [0.15, 0.2) is 5.69 Å². The Morgan fingerprint density at radius 2 is 1.77 bits per heavy atom. The van der Waals surface area contributed by atoms with Crippen LogP contribution in [0.1, 0.15) is 58.8 Å². The highest BCUT2D eigenvalue weighted by Gasteiger charge is 2.18. The summed E-state index contributed by atoms with van der Waals surface area (Å²) in [6.45, 7) is 6.52. The van der Waals surface area contributed by atoms with Crippen molar-refractivity contribution >= 4 is 23.5 Å². The van der Waals surface area contributed by atoms with Crippen molar-refractivity contribution in [3.05, 3.63) is 82.1 Å². The van der Waals surface area contributed by atoms with Crippen LogP contribution in [0.5, 0.6) is 0 Å². The first-order chi connectivity index (χ1) is 14.4. The van der Waals surface area contributed by atoms with E-state index in [9.17, 15) is 9.59 Å². The number of hydrogen-bond acceptors (Lipinski definition) is 4. The number of hydrogen-bond donors (Lipinski definition) is 1. The Morgan fingerprint density at radius 1 is 1.10 bits per heavy atom. The number of halogens is 1. The van der Waals surface area contributed by atoms with Gasteiger partial charge in [-0.2, -0.15) is 5.10 Å². The first-order valence-corrected chi connectivity index (χ1v) is 10.2. The zero-order valence-corrected chi connectivity index (χ0v) is 17.9. The minimum atomic E-state index is -0.448. The third-order valence-corrected chi connectivity index (χ3v) is 4.81. The van der Waals surface area contributed by atoms with Gasteiger partial charge >= 0.3 is 5.97 Å². The van der Waals surface area contributed by atoms with E-state index < -0.39 is 5.97 Å². The van der Waals surface area contributed by atoms with Crippen LogP contribution in [0.2, 0.25) is 5.02 Å². The molecule has 156 valence electrons. The normalized spacial score (nSPS) is 10.8. The molecule has 0 unspecified atom stereocenters. The van der Waals surface area contributed by atoms with Gasteiger partial charge in [-0.15, -0.1) is 0 Å². The summed E-state index contributed by atoms with van der Waals surface area (Å²) in [4.78, 5) is 24.5. The second-order valence-corrected chi connectivity index (χ2v) is 7.53. The Morgan fingerprint density at radius 3 is 2.37 bits per heavy atom. The highest BCUT2D eigenvalue weighted by molar-refractivity contribution is 6.30. The molecule has 6 nitrogen and oxygen atoms in total. The summed E-state index contributed by atoms with van der Waals surface area (Å²) in [7, 11) is 0. The number of aromatic nitrogens is 2. The summed E-state index contributed by atoms with van der Waals surface area (Å²) in [6.07, 6.45) is 0. The molecule has 2 aromatic carbocycles. The first kappa shape index (κ1) is 21.6. The first-order valence-electron chi connectivity index (χ1n) is 9.79. The van der Waals surface area contributed by atoms with Crippen LogP contribution >= 0.6 is 11.6 Å². The van der Waals surface area contributed by atoms with Gasteiger partial charge in [0.25, 0.3) is 5.91 Å². The van der Waals surface area contributed by atoms with E-state index in [4.69, 9.17) is 16.3 Å². The standard InChI is InChI=1S/C23H24ClN3O3/c1-4-30-23(29)20-13-21(15(2)3)27(26-20)19-11-7-17(8-12-19)22(28)25-14-16-5-9-18(24)10-6-16/h5-13,15H,4,14H2,1-3H3,(H,25,28). The molecule has 0 aliphatic rings. The number of esters is 1. The van der Waals surface area contributed by atoms with E-state index in [-0.39, 0.29) is 17.5 Å². The Balaban J connectivity index is 1.75. The minimum Gasteiger partial charge on any atom is -0.461 e. The van der Waals surface area contributed by atoms with Crippen molar-refractivity contribution in [1.29, 1.82) is 0 Å². The molecular weight excluding hydrogens is 402 g/mol. The third-order valence-electron chi connectivity index (χ3n) is 4.55. The molecule has 0 radical (unpaired) electrons. The molecule has 1 amide bonds. The quantitative estimate of drug-likeness (QED) is 0.554. The Hall–Kier alpha value is -3.12. The summed E-state index contributed by atoms with van der Waals surface area (Å²) in [5.74, 6) is -0.465. The molecular formula is C23H24ClN3O3. The fraction of sp³-hybridized carbons (Fsp3) is 0.261. The number of nitrogens with one attached hydrogen (secondary N) is 1. The number of benzene rings is 2. The third kappa shape index (κ3) is 5.07. The predicted molar refractivity (Wildman–Crippen MR) is 116 cm³/mol. The number of carbonyl (C=O) groups is 2. The Kier molecular flexibility index (Phi) is 6.90. The van der Waals surface area contributed by atoms with Gasteiger partial charge in [-0.3, -0.25) is 4.79 Å². The molecule has 0 atom stereocenters. The zero-order chi connectivity index (χ0) is 21.7. The average molecular weight is 426 g/mol. The number of nitrogens with zero attached hydrogens (tertiary/aromatic N) is 2. The highest BCUT2D eigenvalue weighted by Crippen LogP contribution is 2.21. The van der Waals surface area contributed by atoms with E-state index >= 15 is 0 Å². The molecule has 3 rings (SSSR count). The minimum absolute atomic E-state index is 0.156. The van der Waals surface area contributed by atoms with Gasteiger partial charge in [0.05, 0.1) is 12.3 Å². The molecule has 0 aliphatic carbocycles. The SMILES string of the molecule is CCOC(=O)c1cc(C(C)C)n(-c2ccc(C(=O)NCc3ccc(Cl)cc3)cc2)n1. The van der Waals surface area contributed by atoms with E-state index in [1.807, 2.05) is 38.1 Å². The maximum absolute atomic E-state index is 12.5. The molecule has 0 spiro atoms. The van der Waals surface area contributed by atoms with Gasteiger partial charge in [0, 0.05) is 22.8 Å². The molecule has 1 heterocycles. The van der Waals surface area contributed by atoms with E-state index in [0.29, 0.717) is 23.7 Å².